The molecule has 0 heterocycles. The Hall–Kier alpha value is -1.91. The first kappa shape index (κ1) is 22.4. The van der Waals surface area contributed by atoms with Crippen molar-refractivity contribution < 1.29 is 14.0 Å². The van der Waals surface area contributed by atoms with Gasteiger partial charge in [0.1, 0.15) is 5.82 Å². The molecule has 28 heavy (non-hydrogen) atoms. The van der Waals surface area contributed by atoms with Gasteiger partial charge < -0.3 is 10.6 Å². The standard InChI is InChI=1S/C23H35FN2O2/c24-20-14-12-19(13-15-20)18-25-22(27)16-17-23(28)26-21-10-8-6-4-2-1-3-5-7-9-11-21/h12-15,21H,1-11,16-18H2,(H,25,27)(H,26,28). The van der Waals surface area contributed by atoms with Crippen molar-refractivity contribution in [2.45, 2.75) is 96.1 Å². The zero-order valence-corrected chi connectivity index (χ0v) is 17.0. The summed E-state index contributed by atoms with van der Waals surface area (Å²) in [6.07, 6.45) is 14.0. The Kier molecular flexibility index (Phi) is 10.6. The Balaban J connectivity index is 1.65. The molecule has 2 N–H and O–H groups in total. The highest BCUT2D eigenvalue weighted by atomic mass is 19.1. The van der Waals surface area contributed by atoms with Gasteiger partial charge in [0.25, 0.3) is 0 Å². The van der Waals surface area contributed by atoms with Gasteiger partial charge in [0.05, 0.1) is 0 Å². The van der Waals surface area contributed by atoms with Gasteiger partial charge in [-0.15, -0.1) is 0 Å². The molecule has 1 saturated carbocycles. The first-order valence-corrected chi connectivity index (χ1v) is 10.9. The molecular weight excluding hydrogens is 355 g/mol. The third-order valence-electron chi connectivity index (χ3n) is 5.45. The largest absolute Gasteiger partial charge is 0.353 e. The Labute approximate surface area is 168 Å². The van der Waals surface area contributed by atoms with Crippen molar-refractivity contribution >= 4 is 11.8 Å². The number of rotatable bonds is 6. The molecular formula is C23H35FN2O2. The summed E-state index contributed by atoms with van der Waals surface area (Å²) >= 11 is 0. The number of hydrogen-bond donors (Lipinski definition) is 2. The summed E-state index contributed by atoms with van der Waals surface area (Å²) < 4.78 is 12.9. The van der Waals surface area contributed by atoms with Crippen molar-refractivity contribution in [1.82, 2.24) is 10.6 Å². The highest BCUT2D eigenvalue weighted by molar-refractivity contribution is 5.83. The van der Waals surface area contributed by atoms with E-state index >= 15 is 0 Å². The van der Waals surface area contributed by atoms with E-state index in [1.165, 1.54) is 69.9 Å². The quantitative estimate of drug-likeness (QED) is 0.717. The lowest BCUT2D eigenvalue weighted by Crippen LogP contribution is -2.35. The normalized spacial score (nSPS) is 17.2. The van der Waals surface area contributed by atoms with Crippen molar-refractivity contribution in [2.24, 2.45) is 0 Å². The maximum atomic E-state index is 12.9. The van der Waals surface area contributed by atoms with Crippen LogP contribution in [0.4, 0.5) is 4.39 Å². The van der Waals surface area contributed by atoms with Crippen LogP contribution in [0.5, 0.6) is 0 Å². The molecule has 0 saturated heterocycles. The fourth-order valence-corrected chi connectivity index (χ4v) is 3.73. The Bertz CT molecular complexity index is 577. The van der Waals surface area contributed by atoms with Crippen LogP contribution < -0.4 is 10.6 Å². The lowest BCUT2D eigenvalue weighted by molar-refractivity contribution is -0.127. The molecule has 0 aromatic heterocycles. The van der Waals surface area contributed by atoms with Crippen molar-refractivity contribution in [2.75, 3.05) is 0 Å². The topological polar surface area (TPSA) is 58.2 Å². The van der Waals surface area contributed by atoms with Crippen LogP contribution in [-0.2, 0) is 16.1 Å². The minimum Gasteiger partial charge on any atom is -0.353 e. The summed E-state index contributed by atoms with van der Waals surface area (Å²) in [4.78, 5) is 24.2. The van der Waals surface area contributed by atoms with Gasteiger partial charge in [-0.1, -0.05) is 69.9 Å². The van der Waals surface area contributed by atoms with Gasteiger partial charge in [-0.3, -0.25) is 9.59 Å². The highest BCUT2D eigenvalue weighted by Crippen LogP contribution is 2.17. The van der Waals surface area contributed by atoms with Crippen LogP contribution in [0.25, 0.3) is 0 Å². The zero-order chi connectivity index (χ0) is 20.0. The fraction of sp³-hybridized carbons (Fsp3) is 0.652. The van der Waals surface area contributed by atoms with Crippen LogP contribution in [-0.4, -0.2) is 17.9 Å². The average molecular weight is 391 g/mol. The minimum absolute atomic E-state index is 0.0333. The van der Waals surface area contributed by atoms with E-state index in [0.717, 1.165) is 18.4 Å². The van der Waals surface area contributed by atoms with Crippen LogP contribution in [0, 0.1) is 5.82 Å². The van der Waals surface area contributed by atoms with E-state index in [1.54, 1.807) is 12.1 Å². The highest BCUT2D eigenvalue weighted by Gasteiger charge is 2.14. The minimum atomic E-state index is -0.293. The lowest BCUT2D eigenvalue weighted by atomic mass is 9.98. The molecule has 2 rings (SSSR count). The van der Waals surface area contributed by atoms with E-state index in [9.17, 15) is 14.0 Å². The summed E-state index contributed by atoms with van der Waals surface area (Å²) in [5, 5.41) is 5.93. The van der Waals surface area contributed by atoms with E-state index in [-0.39, 0.29) is 36.5 Å². The number of benzene rings is 1. The molecule has 5 heteroatoms. The molecule has 0 bridgehead atoms. The van der Waals surface area contributed by atoms with Crippen molar-refractivity contribution in [3.05, 3.63) is 35.6 Å². The van der Waals surface area contributed by atoms with E-state index in [4.69, 9.17) is 0 Å². The molecule has 4 nitrogen and oxygen atoms in total. The van der Waals surface area contributed by atoms with Gasteiger partial charge in [-0.05, 0) is 30.5 Å². The van der Waals surface area contributed by atoms with Crippen LogP contribution in [0.15, 0.2) is 24.3 Å². The maximum absolute atomic E-state index is 12.9. The van der Waals surface area contributed by atoms with Gasteiger partial charge in [0.2, 0.25) is 11.8 Å². The number of carbonyl (C=O) groups excluding carboxylic acids is 2. The van der Waals surface area contributed by atoms with E-state index in [1.807, 2.05) is 0 Å². The Morgan fingerprint density at radius 3 is 1.86 bits per heavy atom. The fourth-order valence-electron chi connectivity index (χ4n) is 3.73. The third-order valence-corrected chi connectivity index (χ3v) is 5.45. The molecule has 2 amide bonds. The van der Waals surface area contributed by atoms with Crippen molar-refractivity contribution in [3.63, 3.8) is 0 Å². The van der Waals surface area contributed by atoms with E-state index in [2.05, 4.69) is 10.6 Å². The molecule has 1 aromatic carbocycles. The third kappa shape index (κ3) is 9.86. The number of carbonyl (C=O) groups is 2. The summed E-state index contributed by atoms with van der Waals surface area (Å²) in [6, 6.07) is 6.28. The molecule has 0 atom stereocenters. The van der Waals surface area contributed by atoms with Crippen LogP contribution in [0.2, 0.25) is 0 Å². The molecule has 1 aliphatic carbocycles. The van der Waals surface area contributed by atoms with Gasteiger partial charge in [0, 0.05) is 25.4 Å². The number of amides is 2. The second-order valence-corrected chi connectivity index (χ2v) is 7.93. The predicted molar refractivity (Wildman–Crippen MR) is 110 cm³/mol. The molecule has 0 spiro atoms. The molecule has 1 aliphatic rings. The molecule has 0 unspecified atom stereocenters. The SMILES string of the molecule is O=C(CCC(=O)NC1CCCCCCCCCCC1)NCc1ccc(F)cc1. The predicted octanol–water partition coefficient (Wildman–Crippen LogP) is 5.01. The zero-order valence-electron chi connectivity index (χ0n) is 17.0. The number of nitrogens with one attached hydrogen (secondary N) is 2. The van der Waals surface area contributed by atoms with E-state index in [0.29, 0.717) is 6.54 Å². The number of halogens is 1. The summed E-state index contributed by atoms with van der Waals surface area (Å²) in [7, 11) is 0. The van der Waals surface area contributed by atoms with Crippen molar-refractivity contribution in [1.29, 1.82) is 0 Å². The summed E-state index contributed by atoms with van der Waals surface area (Å²) in [5.41, 5.74) is 0.840. The van der Waals surface area contributed by atoms with Crippen LogP contribution in [0.3, 0.4) is 0 Å². The molecule has 1 aromatic rings. The van der Waals surface area contributed by atoms with Crippen molar-refractivity contribution in [3.8, 4) is 0 Å². The second-order valence-electron chi connectivity index (χ2n) is 7.93. The van der Waals surface area contributed by atoms with Gasteiger partial charge in [0.15, 0.2) is 0 Å². The van der Waals surface area contributed by atoms with Crippen LogP contribution in [0.1, 0.15) is 89.0 Å². The van der Waals surface area contributed by atoms with Gasteiger partial charge in [-0.2, -0.15) is 0 Å². The summed E-state index contributed by atoms with van der Waals surface area (Å²) in [6.45, 7) is 0.351. The molecule has 0 radical (unpaired) electrons. The monoisotopic (exact) mass is 390 g/mol. The van der Waals surface area contributed by atoms with Crippen LogP contribution >= 0.6 is 0 Å². The molecule has 156 valence electrons. The summed E-state index contributed by atoms with van der Waals surface area (Å²) in [5.74, 6) is -0.481. The average Bonchev–Trinajstić information content (AvgIpc) is 2.68. The molecule has 1 fully saturated rings. The van der Waals surface area contributed by atoms with E-state index < -0.39 is 0 Å². The Morgan fingerprint density at radius 2 is 1.29 bits per heavy atom. The maximum Gasteiger partial charge on any atom is 0.220 e. The molecule has 0 aliphatic heterocycles. The first-order chi connectivity index (χ1) is 13.6. The number of hydrogen-bond acceptors (Lipinski definition) is 2. The lowest BCUT2D eigenvalue weighted by Gasteiger charge is -2.19. The smallest absolute Gasteiger partial charge is 0.220 e. The van der Waals surface area contributed by atoms with Gasteiger partial charge >= 0.3 is 0 Å². The first-order valence-electron chi connectivity index (χ1n) is 10.9. The second kappa shape index (κ2) is 13.3. The van der Waals surface area contributed by atoms with Gasteiger partial charge in [-0.25, -0.2) is 4.39 Å². The Morgan fingerprint density at radius 1 is 0.786 bits per heavy atom.